The van der Waals surface area contributed by atoms with Crippen LogP contribution in [0.25, 0.3) is 0 Å². The zero-order valence-electron chi connectivity index (χ0n) is 8.14. The van der Waals surface area contributed by atoms with E-state index in [4.69, 9.17) is 15.4 Å². The number of nitrogens with zero attached hydrogens (tertiary/aromatic N) is 2. The van der Waals surface area contributed by atoms with Crippen LogP contribution < -0.4 is 9.80 Å². The molecule has 1 rings (SSSR count). The maximum absolute atomic E-state index is 9.11. The average Bonchev–Trinajstić information content (AvgIpc) is 2.17. The Labute approximate surface area is 82.4 Å². The van der Waals surface area contributed by atoms with Crippen LogP contribution in [0.15, 0.2) is 18.3 Å². The highest BCUT2D eigenvalue weighted by molar-refractivity contribution is 5.72. The lowest BCUT2D eigenvalue weighted by Crippen LogP contribution is -2.14. The fourth-order valence-corrected chi connectivity index (χ4v) is 0.894. The van der Waals surface area contributed by atoms with E-state index in [1.54, 1.807) is 12.1 Å². The van der Waals surface area contributed by atoms with Crippen LogP contribution >= 0.6 is 0 Å². The molecule has 0 amide bonds. The molecule has 0 aromatic carbocycles. The minimum Gasteiger partial charge on any atom is -0.475 e. The van der Waals surface area contributed by atoms with Gasteiger partial charge in [-0.25, -0.2) is 10.0 Å². The lowest BCUT2D eigenvalue weighted by atomic mass is 10.4. The molecule has 1 aromatic rings. The van der Waals surface area contributed by atoms with Gasteiger partial charge in [0, 0.05) is 6.07 Å². The largest absolute Gasteiger partial charge is 0.475 e. The molecular weight excluding hydrogens is 182 g/mol. The van der Waals surface area contributed by atoms with E-state index in [1.165, 1.54) is 6.20 Å². The van der Waals surface area contributed by atoms with Gasteiger partial charge >= 0.3 is 0 Å². The first-order valence-corrected chi connectivity index (χ1v) is 4.25. The molecule has 5 nitrogen and oxygen atoms in total. The Morgan fingerprint density at radius 1 is 1.57 bits per heavy atom. The highest BCUT2D eigenvalue weighted by atomic mass is 16.5. The number of hydrogen-bond acceptors (Lipinski definition) is 4. The number of aromatic nitrogens is 1. The molecule has 0 unspecified atom stereocenters. The van der Waals surface area contributed by atoms with Crippen LogP contribution in [0.2, 0.25) is 0 Å². The molecule has 1 aromatic heterocycles. The molecule has 0 saturated carbocycles. The number of nitrogens with one attached hydrogen (secondary N) is 1. The highest BCUT2D eigenvalue weighted by Crippen LogP contribution is 2.14. The molecular formula is C9H13N3O2. The van der Waals surface area contributed by atoms with Crippen LogP contribution in [0.3, 0.4) is 0 Å². The molecule has 0 radical (unpaired) electrons. The maximum Gasteiger partial charge on any atom is 0.213 e. The van der Waals surface area contributed by atoms with Gasteiger partial charge in [0.25, 0.3) is 0 Å². The number of rotatable bonds is 4. The third-order valence-corrected chi connectivity index (χ3v) is 1.46. The minimum absolute atomic E-state index is 0.0707. The summed E-state index contributed by atoms with van der Waals surface area (Å²) >= 11 is 0. The second-order valence-corrected chi connectivity index (χ2v) is 2.99. The molecule has 0 saturated heterocycles. The van der Waals surface area contributed by atoms with Crippen molar-refractivity contribution in [3.63, 3.8) is 0 Å². The summed E-state index contributed by atoms with van der Waals surface area (Å²) in [6.07, 6.45) is 2.30. The van der Waals surface area contributed by atoms with E-state index in [2.05, 4.69) is 4.98 Å². The van der Waals surface area contributed by atoms with E-state index < -0.39 is 0 Å². The number of hydroxylamine groups is 1. The summed E-state index contributed by atoms with van der Waals surface area (Å²) in [5.41, 5.74) is 0.427. The third-order valence-electron chi connectivity index (χ3n) is 1.46. The van der Waals surface area contributed by atoms with E-state index in [1.807, 2.05) is 13.8 Å². The predicted octanol–water partition coefficient (Wildman–Crippen LogP) is 1.67. The van der Waals surface area contributed by atoms with Gasteiger partial charge in [0.2, 0.25) is 5.88 Å². The van der Waals surface area contributed by atoms with Gasteiger partial charge in [-0.3, -0.25) is 10.6 Å². The Hall–Kier alpha value is -1.62. The molecule has 1 heterocycles. The zero-order chi connectivity index (χ0) is 10.6. The van der Waals surface area contributed by atoms with Gasteiger partial charge < -0.3 is 4.74 Å². The summed E-state index contributed by atoms with van der Waals surface area (Å²) in [6.45, 7) is 3.82. The van der Waals surface area contributed by atoms with Gasteiger partial charge in [-0.15, -0.1) is 0 Å². The van der Waals surface area contributed by atoms with Gasteiger partial charge in [-0.2, -0.15) is 0 Å². The van der Waals surface area contributed by atoms with Crippen molar-refractivity contribution >= 4 is 12.0 Å². The molecule has 14 heavy (non-hydrogen) atoms. The first kappa shape index (κ1) is 10.5. The van der Waals surface area contributed by atoms with Crippen molar-refractivity contribution < 1.29 is 9.94 Å². The minimum atomic E-state index is 0.0707. The molecule has 0 atom stereocenters. The third kappa shape index (κ3) is 2.70. The monoisotopic (exact) mass is 195 g/mol. The van der Waals surface area contributed by atoms with Crippen molar-refractivity contribution in [2.24, 2.45) is 0 Å². The quantitative estimate of drug-likeness (QED) is 0.435. The van der Waals surface area contributed by atoms with E-state index in [9.17, 15) is 0 Å². The highest BCUT2D eigenvalue weighted by Gasteiger charge is 2.02. The average molecular weight is 195 g/mol. The summed E-state index contributed by atoms with van der Waals surface area (Å²) in [5.74, 6) is 0.502. The van der Waals surface area contributed by atoms with E-state index in [-0.39, 0.29) is 6.10 Å². The Balaban J connectivity index is 2.73. The molecule has 5 heteroatoms. The maximum atomic E-state index is 9.11. The SMILES string of the molecule is CC(C)Oc1ccc(N(O)C=N)cn1. The fraction of sp³-hybridized carbons (Fsp3) is 0.333. The van der Waals surface area contributed by atoms with Gasteiger partial charge in [0.05, 0.1) is 18.0 Å². The molecule has 0 bridgehead atoms. The fourth-order valence-electron chi connectivity index (χ4n) is 0.894. The zero-order valence-corrected chi connectivity index (χ0v) is 8.14. The van der Waals surface area contributed by atoms with Crippen LogP contribution in [0, 0.1) is 5.41 Å². The molecule has 0 aliphatic carbocycles. The van der Waals surface area contributed by atoms with Crippen molar-refractivity contribution in [1.82, 2.24) is 4.98 Å². The van der Waals surface area contributed by atoms with Crippen molar-refractivity contribution in [1.29, 1.82) is 5.41 Å². The molecule has 0 spiro atoms. The van der Waals surface area contributed by atoms with Crippen molar-refractivity contribution in [2.45, 2.75) is 20.0 Å². The van der Waals surface area contributed by atoms with Gasteiger partial charge in [0.15, 0.2) is 0 Å². The Morgan fingerprint density at radius 2 is 2.29 bits per heavy atom. The Kier molecular flexibility index (Phi) is 3.41. The summed E-state index contributed by atoms with van der Waals surface area (Å²) in [5, 5.41) is 16.6. The lowest BCUT2D eigenvalue weighted by Gasteiger charge is -2.11. The van der Waals surface area contributed by atoms with Crippen LogP contribution in [-0.2, 0) is 0 Å². The molecule has 0 fully saturated rings. The van der Waals surface area contributed by atoms with E-state index in [0.29, 0.717) is 16.6 Å². The summed E-state index contributed by atoms with van der Waals surface area (Å²) in [6, 6.07) is 3.26. The summed E-state index contributed by atoms with van der Waals surface area (Å²) < 4.78 is 5.31. The van der Waals surface area contributed by atoms with E-state index >= 15 is 0 Å². The predicted molar refractivity (Wildman–Crippen MR) is 53.1 cm³/mol. The van der Waals surface area contributed by atoms with Crippen LogP contribution in [-0.4, -0.2) is 22.6 Å². The van der Waals surface area contributed by atoms with Crippen LogP contribution in [0.4, 0.5) is 5.69 Å². The summed E-state index contributed by atoms with van der Waals surface area (Å²) in [4.78, 5) is 3.96. The second kappa shape index (κ2) is 4.57. The number of pyridine rings is 1. The number of anilines is 1. The lowest BCUT2D eigenvalue weighted by molar-refractivity contribution is 0.232. The van der Waals surface area contributed by atoms with E-state index in [0.717, 1.165) is 6.34 Å². The standard InChI is InChI=1S/C9H13N3O2/c1-7(2)14-9-4-3-8(5-11-9)12(13)6-10/h3-7,10,13H,1-2H3. The molecule has 76 valence electrons. The first-order valence-electron chi connectivity index (χ1n) is 4.25. The van der Waals surface area contributed by atoms with Gasteiger partial charge in [-0.1, -0.05) is 0 Å². The summed E-state index contributed by atoms with van der Waals surface area (Å²) in [7, 11) is 0. The smallest absolute Gasteiger partial charge is 0.213 e. The van der Waals surface area contributed by atoms with Crippen molar-refractivity contribution in [3.8, 4) is 5.88 Å². The van der Waals surface area contributed by atoms with Crippen LogP contribution in [0.5, 0.6) is 5.88 Å². The van der Waals surface area contributed by atoms with Crippen molar-refractivity contribution in [2.75, 3.05) is 5.06 Å². The number of hydrogen-bond donors (Lipinski definition) is 2. The first-order chi connectivity index (χ1) is 6.63. The Bertz CT molecular complexity index is 297. The molecule has 2 N–H and O–H groups in total. The van der Waals surface area contributed by atoms with Crippen LogP contribution in [0.1, 0.15) is 13.8 Å². The second-order valence-electron chi connectivity index (χ2n) is 2.99. The molecule has 0 aliphatic heterocycles. The normalized spacial score (nSPS) is 10.0. The number of ether oxygens (including phenoxy) is 1. The van der Waals surface area contributed by atoms with Gasteiger partial charge in [-0.05, 0) is 19.9 Å². The Morgan fingerprint density at radius 3 is 2.71 bits per heavy atom. The molecule has 0 aliphatic rings. The van der Waals surface area contributed by atoms with Crippen molar-refractivity contribution in [3.05, 3.63) is 18.3 Å². The topological polar surface area (TPSA) is 69.4 Å². The van der Waals surface area contributed by atoms with Gasteiger partial charge in [0.1, 0.15) is 6.34 Å².